The first-order valence-corrected chi connectivity index (χ1v) is 6.17. The zero-order valence-corrected chi connectivity index (χ0v) is 10.4. The molecule has 2 rings (SSSR count). The third-order valence-corrected chi connectivity index (χ3v) is 2.90. The molecule has 0 spiro atoms. The number of pyridine rings is 1. The number of aromatic nitrogens is 1. The van der Waals surface area contributed by atoms with Gasteiger partial charge in [0.25, 0.3) is 0 Å². The number of nitrogens with zero attached hydrogens (tertiary/aromatic N) is 1. The predicted molar refractivity (Wildman–Crippen MR) is 69.2 cm³/mol. The number of ether oxygens (including phenoxy) is 2. The van der Waals surface area contributed by atoms with Gasteiger partial charge in [-0.2, -0.15) is 0 Å². The highest BCUT2D eigenvalue weighted by Crippen LogP contribution is 2.16. The molecule has 0 radical (unpaired) electrons. The minimum atomic E-state index is 0.199. The second-order valence-corrected chi connectivity index (χ2v) is 4.48. The highest BCUT2D eigenvalue weighted by Gasteiger charge is 2.14. The standard InChI is InChI=1S/C12H16N2O2S/c13-12(17)11-7-9(4-5-14-11)16-8-10-3-1-2-6-15-10/h4-5,7,10H,1-3,6,8H2,(H2,13,17). The quantitative estimate of drug-likeness (QED) is 0.826. The molecule has 92 valence electrons. The van der Waals surface area contributed by atoms with Gasteiger partial charge >= 0.3 is 0 Å². The molecule has 1 aliphatic rings. The molecule has 2 N–H and O–H groups in total. The first-order chi connectivity index (χ1) is 8.25. The molecule has 1 aromatic heterocycles. The molecular weight excluding hydrogens is 236 g/mol. The van der Waals surface area contributed by atoms with Crippen molar-refractivity contribution in [2.45, 2.75) is 25.4 Å². The Morgan fingerprint density at radius 2 is 2.47 bits per heavy atom. The van der Waals surface area contributed by atoms with E-state index in [1.54, 1.807) is 18.3 Å². The van der Waals surface area contributed by atoms with Crippen molar-refractivity contribution in [1.29, 1.82) is 0 Å². The summed E-state index contributed by atoms with van der Waals surface area (Å²) in [6.07, 6.45) is 5.27. The fraction of sp³-hybridized carbons (Fsp3) is 0.500. The second-order valence-electron chi connectivity index (χ2n) is 4.04. The van der Waals surface area contributed by atoms with Crippen LogP contribution in [0.4, 0.5) is 0 Å². The Labute approximate surface area is 106 Å². The Kier molecular flexibility index (Phi) is 4.28. The Morgan fingerprint density at radius 1 is 1.59 bits per heavy atom. The predicted octanol–water partition coefficient (Wildman–Crippen LogP) is 1.66. The number of thiocarbonyl (C=S) groups is 1. The van der Waals surface area contributed by atoms with Crippen LogP contribution in [0.1, 0.15) is 25.0 Å². The van der Waals surface area contributed by atoms with Gasteiger partial charge in [-0.15, -0.1) is 0 Å². The number of rotatable bonds is 4. The molecule has 1 aromatic rings. The van der Waals surface area contributed by atoms with Crippen LogP contribution in [-0.4, -0.2) is 29.3 Å². The van der Waals surface area contributed by atoms with Crippen molar-refractivity contribution < 1.29 is 9.47 Å². The van der Waals surface area contributed by atoms with Crippen molar-refractivity contribution in [3.05, 3.63) is 24.0 Å². The van der Waals surface area contributed by atoms with Crippen LogP contribution in [0.5, 0.6) is 5.75 Å². The molecule has 1 aliphatic heterocycles. The van der Waals surface area contributed by atoms with E-state index in [1.165, 1.54) is 6.42 Å². The average molecular weight is 252 g/mol. The van der Waals surface area contributed by atoms with Crippen molar-refractivity contribution in [3.8, 4) is 5.75 Å². The first kappa shape index (κ1) is 12.3. The summed E-state index contributed by atoms with van der Waals surface area (Å²) < 4.78 is 11.2. The number of hydrogen-bond acceptors (Lipinski definition) is 4. The molecule has 0 aromatic carbocycles. The van der Waals surface area contributed by atoms with E-state index in [-0.39, 0.29) is 11.1 Å². The zero-order valence-electron chi connectivity index (χ0n) is 9.59. The maximum atomic E-state index is 5.66. The molecule has 1 fully saturated rings. The van der Waals surface area contributed by atoms with Gasteiger partial charge in [-0.3, -0.25) is 4.98 Å². The summed E-state index contributed by atoms with van der Waals surface area (Å²) in [6, 6.07) is 3.55. The van der Waals surface area contributed by atoms with Crippen LogP contribution < -0.4 is 10.5 Å². The van der Waals surface area contributed by atoms with E-state index < -0.39 is 0 Å². The lowest BCUT2D eigenvalue weighted by molar-refractivity contribution is -0.0110. The molecule has 4 nitrogen and oxygen atoms in total. The minimum Gasteiger partial charge on any atom is -0.491 e. The molecule has 1 unspecified atom stereocenters. The maximum absolute atomic E-state index is 5.66. The summed E-state index contributed by atoms with van der Waals surface area (Å²) in [5.41, 5.74) is 6.10. The first-order valence-electron chi connectivity index (χ1n) is 5.76. The van der Waals surface area contributed by atoms with Gasteiger partial charge in [0.1, 0.15) is 23.0 Å². The summed E-state index contributed by atoms with van der Waals surface area (Å²) >= 11 is 4.87. The Hall–Kier alpha value is -1.20. The smallest absolute Gasteiger partial charge is 0.123 e. The second kappa shape index (κ2) is 5.93. The van der Waals surface area contributed by atoms with Crippen molar-refractivity contribution in [1.82, 2.24) is 4.98 Å². The van der Waals surface area contributed by atoms with Gasteiger partial charge in [0.15, 0.2) is 0 Å². The van der Waals surface area contributed by atoms with E-state index in [9.17, 15) is 0 Å². The van der Waals surface area contributed by atoms with E-state index in [0.29, 0.717) is 12.3 Å². The normalized spacial score (nSPS) is 19.9. The highest BCUT2D eigenvalue weighted by atomic mass is 32.1. The highest BCUT2D eigenvalue weighted by molar-refractivity contribution is 7.80. The molecule has 0 amide bonds. The molecule has 1 saturated heterocycles. The molecule has 2 heterocycles. The monoisotopic (exact) mass is 252 g/mol. The summed E-state index contributed by atoms with van der Waals surface area (Å²) in [7, 11) is 0. The number of nitrogens with two attached hydrogens (primary N) is 1. The molecular formula is C12H16N2O2S. The van der Waals surface area contributed by atoms with Gasteiger partial charge in [-0.05, 0) is 25.3 Å². The van der Waals surface area contributed by atoms with E-state index in [0.717, 1.165) is 25.2 Å². The molecule has 0 aliphatic carbocycles. The molecule has 5 heteroatoms. The lowest BCUT2D eigenvalue weighted by Crippen LogP contribution is -2.25. The summed E-state index contributed by atoms with van der Waals surface area (Å²) in [4.78, 5) is 4.34. The van der Waals surface area contributed by atoms with Crippen LogP contribution >= 0.6 is 12.2 Å². The molecule has 0 saturated carbocycles. The Morgan fingerprint density at radius 3 is 3.18 bits per heavy atom. The molecule has 1 atom stereocenters. The average Bonchev–Trinajstić information content (AvgIpc) is 2.38. The van der Waals surface area contributed by atoms with Crippen LogP contribution in [0, 0.1) is 0 Å². The number of hydrogen-bond donors (Lipinski definition) is 1. The summed E-state index contributed by atoms with van der Waals surface area (Å²) in [5, 5.41) is 0. The lowest BCUT2D eigenvalue weighted by atomic mass is 10.1. The van der Waals surface area contributed by atoms with Gasteiger partial charge in [0, 0.05) is 18.9 Å². The van der Waals surface area contributed by atoms with Crippen LogP contribution in [0.3, 0.4) is 0 Å². The fourth-order valence-electron chi connectivity index (χ4n) is 1.76. The van der Waals surface area contributed by atoms with E-state index in [4.69, 9.17) is 27.4 Å². The SMILES string of the molecule is NC(=S)c1cc(OCC2CCCCO2)ccn1. The van der Waals surface area contributed by atoms with Crippen LogP contribution in [-0.2, 0) is 4.74 Å². The van der Waals surface area contributed by atoms with Crippen LogP contribution in [0.15, 0.2) is 18.3 Å². The van der Waals surface area contributed by atoms with E-state index in [1.807, 2.05) is 0 Å². The minimum absolute atomic E-state index is 0.199. The van der Waals surface area contributed by atoms with Crippen molar-refractivity contribution >= 4 is 17.2 Å². The third kappa shape index (κ3) is 3.64. The van der Waals surface area contributed by atoms with Gasteiger partial charge in [-0.25, -0.2) is 0 Å². The van der Waals surface area contributed by atoms with Crippen LogP contribution in [0.2, 0.25) is 0 Å². The lowest BCUT2D eigenvalue weighted by Gasteiger charge is -2.22. The summed E-state index contributed by atoms with van der Waals surface area (Å²) in [6.45, 7) is 1.41. The third-order valence-electron chi connectivity index (χ3n) is 2.69. The fourth-order valence-corrected chi connectivity index (χ4v) is 1.88. The van der Waals surface area contributed by atoms with Gasteiger partial charge in [0.2, 0.25) is 0 Å². The van der Waals surface area contributed by atoms with Crippen molar-refractivity contribution in [2.24, 2.45) is 5.73 Å². The van der Waals surface area contributed by atoms with E-state index >= 15 is 0 Å². The van der Waals surface area contributed by atoms with Crippen molar-refractivity contribution in [3.63, 3.8) is 0 Å². The van der Waals surface area contributed by atoms with Crippen molar-refractivity contribution in [2.75, 3.05) is 13.2 Å². The topological polar surface area (TPSA) is 57.4 Å². The van der Waals surface area contributed by atoms with Crippen LogP contribution in [0.25, 0.3) is 0 Å². The van der Waals surface area contributed by atoms with Gasteiger partial charge < -0.3 is 15.2 Å². The Balaban J connectivity index is 1.89. The van der Waals surface area contributed by atoms with Gasteiger partial charge in [-0.1, -0.05) is 12.2 Å². The van der Waals surface area contributed by atoms with E-state index in [2.05, 4.69) is 4.98 Å². The van der Waals surface area contributed by atoms with Gasteiger partial charge in [0.05, 0.1) is 6.10 Å². The summed E-state index contributed by atoms with van der Waals surface area (Å²) in [5.74, 6) is 0.733. The largest absolute Gasteiger partial charge is 0.491 e. The molecule has 0 bridgehead atoms. The Bertz CT molecular complexity index is 392. The molecule has 17 heavy (non-hydrogen) atoms. The zero-order chi connectivity index (χ0) is 12.1. The maximum Gasteiger partial charge on any atom is 0.123 e.